The van der Waals surface area contributed by atoms with Crippen molar-refractivity contribution in [3.63, 3.8) is 0 Å². The Morgan fingerprint density at radius 3 is 2.83 bits per heavy atom. The number of hydrogen-bond acceptors (Lipinski definition) is 4. The molecule has 24 heavy (non-hydrogen) atoms. The zero-order valence-electron chi connectivity index (χ0n) is 12.9. The standard InChI is InChI=1S/C18H14N4O2/c1-24-15-6-4-14(5-7-15)22-18(23)12(10-19)9-13-11-21-17-16(13)3-2-8-20-17/h2-9,11H,1H3,(H,20,21)(H,22,23). The Hall–Kier alpha value is -3.59. The van der Waals surface area contributed by atoms with Gasteiger partial charge in [-0.1, -0.05) is 0 Å². The van der Waals surface area contributed by atoms with Crippen LogP contribution in [0, 0.1) is 11.3 Å². The monoisotopic (exact) mass is 318 g/mol. The first-order valence-corrected chi connectivity index (χ1v) is 7.20. The SMILES string of the molecule is COc1ccc(NC(=O)C(C#N)=Cc2c[nH]c3ncccc23)cc1. The molecule has 1 amide bonds. The van der Waals surface area contributed by atoms with Gasteiger partial charge in [0.1, 0.15) is 23.0 Å². The van der Waals surface area contributed by atoms with Crippen molar-refractivity contribution in [3.8, 4) is 11.8 Å². The molecule has 118 valence electrons. The van der Waals surface area contributed by atoms with Gasteiger partial charge < -0.3 is 15.0 Å². The van der Waals surface area contributed by atoms with E-state index in [1.807, 2.05) is 12.1 Å². The lowest BCUT2D eigenvalue weighted by molar-refractivity contribution is -0.112. The zero-order valence-corrected chi connectivity index (χ0v) is 12.9. The fourth-order valence-electron chi connectivity index (χ4n) is 2.27. The van der Waals surface area contributed by atoms with E-state index in [1.54, 1.807) is 55.9 Å². The van der Waals surface area contributed by atoms with Gasteiger partial charge in [0.15, 0.2) is 0 Å². The second kappa shape index (κ2) is 6.67. The lowest BCUT2D eigenvalue weighted by Crippen LogP contribution is -2.13. The van der Waals surface area contributed by atoms with E-state index in [2.05, 4.69) is 15.3 Å². The lowest BCUT2D eigenvalue weighted by atomic mass is 10.1. The van der Waals surface area contributed by atoms with Gasteiger partial charge in [-0.15, -0.1) is 0 Å². The van der Waals surface area contributed by atoms with Crippen molar-refractivity contribution >= 4 is 28.7 Å². The van der Waals surface area contributed by atoms with Gasteiger partial charge in [0.05, 0.1) is 7.11 Å². The maximum Gasteiger partial charge on any atom is 0.266 e. The molecule has 0 saturated carbocycles. The maximum absolute atomic E-state index is 12.3. The van der Waals surface area contributed by atoms with Gasteiger partial charge in [0, 0.05) is 29.0 Å². The molecule has 0 radical (unpaired) electrons. The molecule has 6 heteroatoms. The number of nitriles is 1. The van der Waals surface area contributed by atoms with Crippen LogP contribution in [0.25, 0.3) is 17.1 Å². The highest BCUT2D eigenvalue weighted by atomic mass is 16.5. The van der Waals surface area contributed by atoms with Crippen LogP contribution in [0.2, 0.25) is 0 Å². The molecule has 0 unspecified atom stereocenters. The number of carbonyl (C=O) groups is 1. The number of anilines is 1. The smallest absolute Gasteiger partial charge is 0.266 e. The van der Waals surface area contributed by atoms with Crippen LogP contribution in [-0.2, 0) is 4.79 Å². The Kier molecular flexibility index (Phi) is 4.25. The van der Waals surface area contributed by atoms with E-state index in [9.17, 15) is 10.1 Å². The van der Waals surface area contributed by atoms with E-state index in [0.717, 1.165) is 10.9 Å². The minimum Gasteiger partial charge on any atom is -0.497 e. The molecule has 0 spiro atoms. The number of pyridine rings is 1. The third-order valence-corrected chi connectivity index (χ3v) is 3.50. The second-order valence-electron chi connectivity index (χ2n) is 5.00. The van der Waals surface area contributed by atoms with Crippen LogP contribution < -0.4 is 10.1 Å². The van der Waals surface area contributed by atoms with E-state index >= 15 is 0 Å². The summed E-state index contributed by atoms with van der Waals surface area (Å²) in [4.78, 5) is 19.5. The molecule has 0 aliphatic carbocycles. The van der Waals surface area contributed by atoms with Crippen molar-refractivity contribution in [2.75, 3.05) is 12.4 Å². The summed E-state index contributed by atoms with van der Waals surface area (Å²) in [5.41, 5.74) is 2.04. The van der Waals surface area contributed by atoms with Gasteiger partial charge in [0.25, 0.3) is 5.91 Å². The Bertz CT molecular complexity index is 949. The Morgan fingerprint density at radius 2 is 2.12 bits per heavy atom. The number of H-pyrrole nitrogens is 1. The number of aromatic nitrogens is 2. The minimum absolute atomic E-state index is 0.00979. The van der Waals surface area contributed by atoms with Crippen molar-refractivity contribution in [2.24, 2.45) is 0 Å². The predicted molar refractivity (Wildman–Crippen MR) is 91.3 cm³/mol. The number of ether oxygens (including phenoxy) is 1. The third-order valence-electron chi connectivity index (χ3n) is 3.50. The lowest BCUT2D eigenvalue weighted by Gasteiger charge is -2.05. The molecule has 0 atom stereocenters. The maximum atomic E-state index is 12.3. The van der Waals surface area contributed by atoms with Gasteiger partial charge >= 0.3 is 0 Å². The summed E-state index contributed by atoms with van der Waals surface area (Å²) in [7, 11) is 1.57. The first-order chi connectivity index (χ1) is 11.7. The summed E-state index contributed by atoms with van der Waals surface area (Å²) >= 11 is 0. The van der Waals surface area contributed by atoms with Crippen LogP contribution in [0.5, 0.6) is 5.75 Å². The fraction of sp³-hybridized carbons (Fsp3) is 0.0556. The zero-order chi connectivity index (χ0) is 16.9. The van der Waals surface area contributed by atoms with Crippen molar-refractivity contribution in [2.45, 2.75) is 0 Å². The summed E-state index contributed by atoms with van der Waals surface area (Å²) in [5, 5.41) is 12.8. The molecule has 3 aromatic rings. The number of carbonyl (C=O) groups excluding carboxylic acids is 1. The van der Waals surface area contributed by atoms with E-state index in [1.165, 1.54) is 0 Å². The average Bonchev–Trinajstić information content (AvgIpc) is 3.03. The van der Waals surface area contributed by atoms with Crippen molar-refractivity contribution in [1.82, 2.24) is 9.97 Å². The summed E-state index contributed by atoms with van der Waals surface area (Å²) < 4.78 is 5.07. The fourth-order valence-corrected chi connectivity index (χ4v) is 2.27. The predicted octanol–water partition coefficient (Wildman–Crippen LogP) is 3.12. The molecule has 2 heterocycles. The van der Waals surface area contributed by atoms with Crippen LogP contribution in [0.4, 0.5) is 5.69 Å². The highest BCUT2D eigenvalue weighted by molar-refractivity contribution is 6.10. The van der Waals surface area contributed by atoms with E-state index in [4.69, 9.17) is 4.74 Å². The largest absolute Gasteiger partial charge is 0.497 e. The molecule has 3 rings (SSSR count). The molecule has 2 N–H and O–H groups in total. The number of amides is 1. The first kappa shape index (κ1) is 15.3. The number of hydrogen-bond donors (Lipinski definition) is 2. The second-order valence-corrected chi connectivity index (χ2v) is 5.00. The van der Waals surface area contributed by atoms with Crippen molar-refractivity contribution < 1.29 is 9.53 Å². The van der Waals surface area contributed by atoms with E-state index in [-0.39, 0.29) is 5.57 Å². The third kappa shape index (κ3) is 3.10. The van der Waals surface area contributed by atoms with E-state index in [0.29, 0.717) is 17.1 Å². The highest BCUT2D eigenvalue weighted by Crippen LogP contribution is 2.20. The first-order valence-electron chi connectivity index (χ1n) is 7.20. The van der Waals surface area contributed by atoms with Crippen molar-refractivity contribution in [1.29, 1.82) is 5.26 Å². The van der Waals surface area contributed by atoms with Gasteiger partial charge in [-0.3, -0.25) is 4.79 Å². The van der Waals surface area contributed by atoms with Gasteiger partial charge in [-0.25, -0.2) is 4.98 Å². The van der Waals surface area contributed by atoms with Gasteiger partial charge in [-0.05, 0) is 42.5 Å². The number of nitrogens with zero attached hydrogens (tertiary/aromatic N) is 2. The molecule has 2 aromatic heterocycles. The molecular weight excluding hydrogens is 304 g/mol. The molecule has 0 bridgehead atoms. The molecule has 0 saturated heterocycles. The molecule has 0 aliphatic heterocycles. The molecule has 1 aromatic carbocycles. The average molecular weight is 318 g/mol. The molecule has 0 aliphatic rings. The normalized spacial score (nSPS) is 11.1. The van der Waals surface area contributed by atoms with Crippen LogP contribution >= 0.6 is 0 Å². The van der Waals surface area contributed by atoms with Crippen LogP contribution in [0.3, 0.4) is 0 Å². The topological polar surface area (TPSA) is 90.8 Å². The number of methoxy groups -OCH3 is 1. The van der Waals surface area contributed by atoms with Crippen LogP contribution in [0.15, 0.2) is 54.4 Å². The van der Waals surface area contributed by atoms with Crippen LogP contribution in [0.1, 0.15) is 5.56 Å². The molecule has 0 fully saturated rings. The summed E-state index contributed by atoms with van der Waals surface area (Å²) in [5.74, 6) is 0.219. The van der Waals surface area contributed by atoms with Crippen LogP contribution in [-0.4, -0.2) is 23.0 Å². The van der Waals surface area contributed by atoms with Crippen molar-refractivity contribution in [3.05, 3.63) is 59.9 Å². The van der Waals surface area contributed by atoms with E-state index < -0.39 is 5.91 Å². The summed E-state index contributed by atoms with van der Waals surface area (Å²) in [6.45, 7) is 0. The quantitative estimate of drug-likeness (QED) is 0.571. The van der Waals surface area contributed by atoms with Gasteiger partial charge in [-0.2, -0.15) is 5.26 Å². The molecular formula is C18H14N4O2. The molecule has 6 nitrogen and oxygen atoms in total. The summed E-state index contributed by atoms with van der Waals surface area (Å²) in [6.07, 6.45) is 4.93. The number of rotatable bonds is 4. The Labute approximate surface area is 138 Å². The number of nitrogens with one attached hydrogen (secondary N) is 2. The minimum atomic E-state index is -0.471. The number of aromatic amines is 1. The Morgan fingerprint density at radius 1 is 1.33 bits per heavy atom. The number of benzene rings is 1. The number of fused-ring (bicyclic) bond motifs is 1. The Balaban J connectivity index is 1.84. The highest BCUT2D eigenvalue weighted by Gasteiger charge is 2.11. The van der Waals surface area contributed by atoms with Gasteiger partial charge in [0.2, 0.25) is 0 Å². The summed E-state index contributed by atoms with van der Waals surface area (Å²) in [6, 6.07) is 12.5.